The van der Waals surface area contributed by atoms with Gasteiger partial charge in [-0.1, -0.05) is 0 Å². The molecule has 0 unspecified atom stereocenters. The van der Waals surface area contributed by atoms with E-state index in [-0.39, 0.29) is 12.1 Å². The van der Waals surface area contributed by atoms with Gasteiger partial charge in [0.05, 0.1) is 22.6 Å². The second-order valence-electron chi connectivity index (χ2n) is 11.7. The topological polar surface area (TPSA) is 119 Å². The summed E-state index contributed by atoms with van der Waals surface area (Å²) in [7, 11) is 0. The van der Waals surface area contributed by atoms with Gasteiger partial charge in [0.15, 0.2) is 11.4 Å². The summed E-state index contributed by atoms with van der Waals surface area (Å²) in [6.45, 7) is 9.83. The molecule has 2 bridgehead atoms. The molecule has 5 heterocycles. The van der Waals surface area contributed by atoms with Crippen molar-refractivity contribution < 1.29 is 19.0 Å². The third-order valence-corrected chi connectivity index (χ3v) is 7.52. The molecule has 1 fully saturated rings. The van der Waals surface area contributed by atoms with E-state index in [9.17, 15) is 4.79 Å². The molecule has 2 aliphatic heterocycles. The van der Waals surface area contributed by atoms with Crippen molar-refractivity contribution in [1.29, 1.82) is 0 Å². The van der Waals surface area contributed by atoms with Gasteiger partial charge in [-0.25, -0.2) is 24.3 Å². The summed E-state index contributed by atoms with van der Waals surface area (Å²) in [4.78, 5) is 30.3. The number of benzene rings is 2. The molecule has 1 N–H and O–H groups in total. The molecule has 1 atom stereocenters. The van der Waals surface area contributed by atoms with Crippen molar-refractivity contribution >= 4 is 39.8 Å². The van der Waals surface area contributed by atoms with Crippen molar-refractivity contribution in [1.82, 2.24) is 29.5 Å². The predicted molar refractivity (Wildman–Crippen MR) is 161 cm³/mol. The van der Waals surface area contributed by atoms with Gasteiger partial charge in [0.25, 0.3) is 0 Å². The van der Waals surface area contributed by atoms with Crippen LogP contribution >= 0.6 is 0 Å². The number of fused-ring (bicyclic) bond motifs is 7. The summed E-state index contributed by atoms with van der Waals surface area (Å²) in [5.41, 5.74) is 3.66. The summed E-state index contributed by atoms with van der Waals surface area (Å²) in [6, 6.07) is 13.4. The highest BCUT2D eigenvalue weighted by Crippen LogP contribution is 2.42. The quantitative estimate of drug-likeness (QED) is 0.299. The SMILES string of the molecule is Cc1cc(Nc2ncnc3ccc4c(c23)OC[C@H]2CN4CCN2C(=O)OC(C)(C)C)ccc1Oc1ccn2ncnc2c1. The van der Waals surface area contributed by atoms with Gasteiger partial charge in [-0.2, -0.15) is 5.10 Å². The Kier molecular flexibility index (Phi) is 6.41. The zero-order valence-electron chi connectivity index (χ0n) is 24.4. The Balaban J connectivity index is 1.15. The van der Waals surface area contributed by atoms with Gasteiger partial charge in [0.1, 0.15) is 42.2 Å². The van der Waals surface area contributed by atoms with Crippen molar-refractivity contribution in [3.8, 4) is 17.2 Å². The highest BCUT2D eigenvalue weighted by Gasteiger charge is 2.37. The maximum atomic E-state index is 12.9. The molecule has 3 aromatic heterocycles. The Morgan fingerprint density at radius 1 is 1.05 bits per heavy atom. The van der Waals surface area contributed by atoms with E-state index in [2.05, 4.69) is 30.3 Å². The average Bonchev–Trinajstić information content (AvgIpc) is 3.39. The zero-order chi connectivity index (χ0) is 29.7. The number of carbonyl (C=O) groups excluding carboxylic acids is 1. The summed E-state index contributed by atoms with van der Waals surface area (Å²) < 4.78 is 20.0. The average molecular weight is 581 g/mol. The van der Waals surface area contributed by atoms with Crippen LogP contribution in [0.3, 0.4) is 0 Å². The van der Waals surface area contributed by atoms with Crippen molar-refractivity contribution in [2.75, 3.05) is 36.5 Å². The number of aromatic nitrogens is 5. The molecular weight excluding hydrogens is 548 g/mol. The number of aryl methyl sites for hydroxylation is 1. The van der Waals surface area contributed by atoms with Gasteiger partial charge in [0.2, 0.25) is 0 Å². The van der Waals surface area contributed by atoms with Gasteiger partial charge >= 0.3 is 6.09 Å². The maximum absolute atomic E-state index is 12.9. The van der Waals surface area contributed by atoms with Gasteiger partial charge in [-0.3, -0.25) is 4.90 Å². The van der Waals surface area contributed by atoms with Crippen LogP contribution in [0.5, 0.6) is 17.2 Å². The highest BCUT2D eigenvalue weighted by molar-refractivity contribution is 6.00. The molecule has 1 amide bonds. The standard InChI is InChI=1S/C31H32N8O4/c1-19-13-20(5-8-25(19)42-22-9-10-39-26(14-22)33-18-35-39)36-29-27-23(32-17-34-29)6-7-24-28(27)41-16-21-15-37(24)11-12-38(21)30(40)43-31(2,3)4/h5-10,13-14,17-18,21H,11-12,15-16H2,1-4H3,(H,32,34,36)/t21-/m1/s1. The Morgan fingerprint density at radius 3 is 2.77 bits per heavy atom. The van der Waals surface area contributed by atoms with Crippen LogP contribution in [0, 0.1) is 6.92 Å². The molecule has 0 aliphatic carbocycles. The van der Waals surface area contributed by atoms with Crippen LogP contribution in [0.25, 0.3) is 16.6 Å². The Morgan fingerprint density at radius 2 is 1.93 bits per heavy atom. The maximum Gasteiger partial charge on any atom is 0.410 e. The molecule has 0 saturated carbocycles. The van der Waals surface area contributed by atoms with E-state index in [1.807, 2.05) is 76.4 Å². The lowest BCUT2D eigenvalue weighted by molar-refractivity contribution is 0.00980. The summed E-state index contributed by atoms with van der Waals surface area (Å²) in [6.07, 6.45) is 4.55. The fourth-order valence-electron chi connectivity index (χ4n) is 5.52. The predicted octanol–water partition coefficient (Wildman–Crippen LogP) is 5.33. The second-order valence-corrected chi connectivity index (χ2v) is 11.7. The largest absolute Gasteiger partial charge is 0.488 e. The number of piperazine rings is 1. The van der Waals surface area contributed by atoms with Crippen LogP contribution in [0.1, 0.15) is 26.3 Å². The molecule has 220 valence electrons. The number of nitrogens with one attached hydrogen (secondary N) is 1. The zero-order valence-corrected chi connectivity index (χ0v) is 24.4. The van der Waals surface area contributed by atoms with Crippen molar-refractivity contribution in [2.45, 2.75) is 39.3 Å². The van der Waals surface area contributed by atoms with E-state index in [1.54, 1.807) is 15.7 Å². The molecule has 2 aliphatic rings. The van der Waals surface area contributed by atoms with Crippen molar-refractivity contribution in [3.05, 3.63) is 66.9 Å². The fourth-order valence-corrected chi connectivity index (χ4v) is 5.52. The van der Waals surface area contributed by atoms with E-state index >= 15 is 0 Å². The number of pyridine rings is 1. The fraction of sp³-hybridized carbons (Fsp3) is 0.323. The number of carbonyl (C=O) groups is 1. The third kappa shape index (κ3) is 5.20. The number of rotatable bonds is 4. The van der Waals surface area contributed by atoms with Crippen molar-refractivity contribution in [3.63, 3.8) is 0 Å². The summed E-state index contributed by atoms with van der Waals surface area (Å²) >= 11 is 0. The van der Waals surface area contributed by atoms with E-state index in [0.29, 0.717) is 49.2 Å². The number of nitrogens with zero attached hydrogens (tertiary/aromatic N) is 7. The lowest BCUT2D eigenvalue weighted by Gasteiger charge is -2.40. The minimum Gasteiger partial charge on any atom is -0.488 e. The highest BCUT2D eigenvalue weighted by atomic mass is 16.6. The molecule has 0 radical (unpaired) electrons. The van der Waals surface area contributed by atoms with Crippen LogP contribution in [-0.4, -0.2) is 73.4 Å². The Hall–Kier alpha value is -5.13. The van der Waals surface area contributed by atoms with Crippen LogP contribution in [-0.2, 0) is 4.74 Å². The Bertz CT molecular complexity index is 1850. The first kappa shape index (κ1) is 26.7. The second kappa shape index (κ2) is 10.3. The monoisotopic (exact) mass is 580 g/mol. The lowest BCUT2D eigenvalue weighted by Crippen LogP contribution is -2.57. The minimum absolute atomic E-state index is 0.146. The molecule has 0 spiro atoms. The molecule has 7 rings (SSSR count). The van der Waals surface area contributed by atoms with Gasteiger partial charge in [0, 0.05) is 37.6 Å². The van der Waals surface area contributed by atoms with E-state index in [1.165, 1.54) is 6.33 Å². The van der Waals surface area contributed by atoms with Crippen LogP contribution < -0.4 is 19.7 Å². The molecule has 2 aromatic carbocycles. The van der Waals surface area contributed by atoms with Gasteiger partial charge in [-0.05, 0) is 69.7 Å². The lowest BCUT2D eigenvalue weighted by atomic mass is 10.1. The smallest absolute Gasteiger partial charge is 0.410 e. The molecule has 43 heavy (non-hydrogen) atoms. The van der Waals surface area contributed by atoms with E-state index < -0.39 is 5.60 Å². The summed E-state index contributed by atoms with van der Waals surface area (Å²) in [5.74, 6) is 2.74. The third-order valence-electron chi connectivity index (χ3n) is 7.52. The normalized spacial score (nSPS) is 16.4. The summed E-state index contributed by atoms with van der Waals surface area (Å²) in [5, 5.41) is 8.39. The van der Waals surface area contributed by atoms with E-state index in [4.69, 9.17) is 14.2 Å². The van der Waals surface area contributed by atoms with Crippen LogP contribution in [0.2, 0.25) is 0 Å². The number of amides is 1. The first-order chi connectivity index (χ1) is 20.7. The molecule has 5 aromatic rings. The molecule has 12 heteroatoms. The number of hydrogen-bond acceptors (Lipinski definition) is 10. The number of ether oxygens (including phenoxy) is 3. The van der Waals surface area contributed by atoms with Crippen LogP contribution in [0.15, 0.2) is 61.3 Å². The molecular formula is C31H32N8O4. The van der Waals surface area contributed by atoms with Gasteiger partial charge in [-0.15, -0.1) is 0 Å². The molecule has 12 nitrogen and oxygen atoms in total. The minimum atomic E-state index is -0.564. The van der Waals surface area contributed by atoms with Gasteiger partial charge < -0.3 is 24.4 Å². The van der Waals surface area contributed by atoms with Crippen LogP contribution in [0.4, 0.5) is 22.0 Å². The number of anilines is 3. The Labute approximate surface area is 248 Å². The van der Waals surface area contributed by atoms with Crippen molar-refractivity contribution in [2.24, 2.45) is 0 Å². The first-order valence-corrected chi connectivity index (χ1v) is 14.2. The number of hydrogen-bond donors (Lipinski definition) is 1. The molecule has 1 saturated heterocycles. The van der Waals surface area contributed by atoms with E-state index in [0.717, 1.165) is 33.6 Å². The first-order valence-electron chi connectivity index (χ1n) is 14.2.